The predicted octanol–water partition coefficient (Wildman–Crippen LogP) is -7.41. The number of nitrogens with one attached hydrogen (secondary N) is 1. The van der Waals surface area contributed by atoms with E-state index < -0.39 is 51.9 Å². The topological polar surface area (TPSA) is 130 Å². The van der Waals surface area contributed by atoms with Crippen molar-refractivity contribution in [1.82, 2.24) is 10.2 Å². The number of carboxylic acid groups (broad SMARTS) is 2. The summed E-state index contributed by atoms with van der Waals surface area (Å²) in [5, 5.41) is 24.8. The number of thioether (sulfide) groups is 1. The van der Waals surface area contributed by atoms with Gasteiger partial charge in [-0.15, -0.1) is 11.8 Å². The van der Waals surface area contributed by atoms with Crippen molar-refractivity contribution in [3.63, 3.8) is 0 Å². The molecule has 2 saturated heterocycles. The molecule has 8 nitrogen and oxygen atoms in total. The van der Waals surface area contributed by atoms with Gasteiger partial charge < -0.3 is 30.0 Å². The molecule has 2 fully saturated rings. The van der Waals surface area contributed by atoms with E-state index in [1.54, 1.807) is 32.0 Å². The molecule has 2 amide bonds. The molecule has 0 bridgehead atoms. The van der Waals surface area contributed by atoms with Crippen molar-refractivity contribution in [2.24, 2.45) is 0 Å². The van der Waals surface area contributed by atoms with Crippen molar-refractivity contribution < 1.29 is 88.5 Å². The van der Waals surface area contributed by atoms with Crippen molar-refractivity contribution in [2.45, 2.75) is 42.0 Å². The Hall–Kier alpha value is -0.0700. The molecular weight excluding hydrogens is 486 g/mol. The number of hydrogen-bond donors (Lipinski definition) is 1. The van der Waals surface area contributed by atoms with Gasteiger partial charge in [0.15, 0.2) is 0 Å². The molecule has 0 radical (unpaired) electrons. The van der Waals surface area contributed by atoms with E-state index in [0.29, 0.717) is 4.47 Å². The van der Waals surface area contributed by atoms with Crippen LogP contribution in [0.5, 0.6) is 0 Å². The second-order valence-electron chi connectivity index (χ2n) is 6.84. The maximum atomic E-state index is 12.6. The number of aliphatic carboxylic acids is 2. The first-order valence-electron chi connectivity index (χ1n) is 8.02. The van der Waals surface area contributed by atoms with Crippen LogP contribution in [0.2, 0.25) is 0 Å². The molecule has 1 aromatic carbocycles. The Balaban J connectivity index is 0.00000210. The molecule has 29 heavy (non-hydrogen) atoms. The fourth-order valence-corrected chi connectivity index (χ4v) is 5.58. The largest absolute Gasteiger partial charge is 1.00 e. The van der Waals surface area contributed by atoms with Crippen LogP contribution in [-0.4, -0.2) is 50.9 Å². The van der Waals surface area contributed by atoms with Gasteiger partial charge in [-0.1, -0.05) is 34.1 Å². The van der Waals surface area contributed by atoms with Crippen LogP contribution in [0.3, 0.4) is 0 Å². The summed E-state index contributed by atoms with van der Waals surface area (Å²) in [6.45, 7) is 3.35. The van der Waals surface area contributed by atoms with Crippen LogP contribution in [0, 0.1) is 0 Å². The molecule has 12 heteroatoms. The maximum Gasteiger partial charge on any atom is 1.00 e. The number of hydrogen-bond acceptors (Lipinski definition) is 7. The Morgan fingerprint density at radius 3 is 2.31 bits per heavy atom. The summed E-state index contributed by atoms with van der Waals surface area (Å²) in [4.78, 5) is 49.1. The van der Waals surface area contributed by atoms with Gasteiger partial charge in [-0.3, -0.25) is 9.59 Å². The van der Waals surface area contributed by atoms with E-state index in [-0.39, 0.29) is 64.7 Å². The molecule has 2 heterocycles. The zero-order valence-corrected chi connectivity index (χ0v) is 22.7. The molecule has 0 spiro atoms. The third kappa shape index (κ3) is 4.90. The zero-order chi connectivity index (χ0) is 20.1. The summed E-state index contributed by atoms with van der Waals surface area (Å²) in [7, 11) is 0. The van der Waals surface area contributed by atoms with E-state index in [2.05, 4.69) is 21.2 Å². The first kappa shape index (κ1) is 27.0. The average Bonchev–Trinajstić information content (AvgIpc) is 2.82. The Kier molecular flexibility index (Phi) is 9.33. The minimum atomic E-state index is -1.61. The molecule has 3 rings (SSSR count). The SMILES string of the molecule is CC1(C)S[C@H]2[C@H](NC(=O)C(C(=O)[O-])c3ccccc3Br)C(=O)N2[C@@H]1C(=O)[O-].[Na+].[Na+]. The molecule has 144 valence electrons. The summed E-state index contributed by atoms with van der Waals surface area (Å²) in [5.74, 6) is -6.05. The van der Waals surface area contributed by atoms with Crippen LogP contribution >= 0.6 is 27.7 Å². The Bertz CT molecular complexity index is 855. The molecule has 0 aliphatic carbocycles. The van der Waals surface area contributed by atoms with Crippen molar-refractivity contribution in [2.75, 3.05) is 0 Å². The molecule has 2 aliphatic heterocycles. The molecule has 4 atom stereocenters. The number of benzene rings is 1. The second-order valence-corrected chi connectivity index (χ2v) is 9.46. The third-order valence-corrected chi connectivity index (χ3v) is 6.97. The Morgan fingerprint density at radius 1 is 1.21 bits per heavy atom. The minimum Gasteiger partial charge on any atom is -0.549 e. The summed E-state index contributed by atoms with van der Waals surface area (Å²) < 4.78 is -0.376. The average molecular weight is 501 g/mol. The Morgan fingerprint density at radius 2 is 1.79 bits per heavy atom. The fourth-order valence-electron chi connectivity index (χ4n) is 3.45. The molecule has 0 saturated carbocycles. The quantitative estimate of drug-likeness (QED) is 0.241. The van der Waals surface area contributed by atoms with Crippen LogP contribution in [-0.2, 0) is 19.2 Å². The third-order valence-electron chi connectivity index (χ3n) is 4.68. The molecule has 0 aromatic heterocycles. The molecule has 2 aliphatic rings. The maximum absolute atomic E-state index is 12.6. The van der Waals surface area contributed by atoms with Gasteiger partial charge in [-0.25, -0.2) is 0 Å². The van der Waals surface area contributed by atoms with Crippen LogP contribution in [0.15, 0.2) is 28.7 Å². The monoisotopic (exact) mass is 500 g/mol. The molecular formula is C17H15BrN2Na2O6S. The van der Waals surface area contributed by atoms with E-state index in [9.17, 15) is 29.4 Å². The molecule has 1 unspecified atom stereocenters. The van der Waals surface area contributed by atoms with Crippen molar-refractivity contribution in [3.8, 4) is 0 Å². The zero-order valence-electron chi connectivity index (χ0n) is 16.3. The number of carboxylic acids is 2. The van der Waals surface area contributed by atoms with Crippen LogP contribution in [0.1, 0.15) is 25.3 Å². The van der Waals surface area contributed by atoms with E-state index in [1.807, 2.05) is 0 Å². The number of halogens is 1. The summed E-state index contributed by atoms with van der Waals surface area (Å²) in [6, 6.07) is 4.19. The van der Waals surface area contributed by atoms with Crippen LogP contribution in [0.4, 0.5) is 0 Å². The molecule has 1 aromatic rings. The second kappa shape index (κ2) is 10.0. The van der Waals surface area contributed by atoms with Crippen LogP contribution < -0.4 is 74.6 Å². The number of β-lactam (4-membered cyclic amide) rings is 1. The summed E-state index contributed by atoms with van der Waals surface area (Å²) in [5.41, 5.74) is 0.200. The van der Waals surface area contributed by atoms with Crippen molar-refractivity contribution in [3.05, 3.63) is 34.3 Å². The Labute approximate surface area is 224 Å². The van der Waals surface area contributed by atoms with Gasteiger partial charge in [-0.2, -0.15) is 0 Å². The molecule has 1 N–H and O–H groups in total. The number of carbonyl (C=O) groups excluding carboxylic acids is 4. The van der Waals surface area contributed by atoms with Gasteiger partial charge in [0.25, 0.3) is 0 Å². The fraction of sp³-hybridized carbons (Fsp3) is 0.412. The summed E-state index contributed by atoms with van der Waals surface area (Å²) in [6.07, 6.45) is 0. The standard InChI is InChI=1S/C17H17BrN2O6S.2Na/c1-17(2)11(16(25)26)20-13(22)10(14(20)27-17)19-12(21)9(15(23)24)7-5-3-4-6-8(7)18;;/h3-6,9-11,14H,1-2H3,(H,19,21)(H,23,24)(H,25,26);;/q;2*+1/p-2/t9?,10-,11-,14+;;/m1../s1. The van der Waals surface area contributed by atoms with Gasteiger partial charge in [0.05, 0.1) is 18.0 Å². The van der Waals surface area contributed by atoms with Gasteiger partial charge in [-0.05, 0) is 25.5 Å². The van der Waals surface area contributed by atoms with Gasteiger partial charge in [0.2, 0.25) is 11.8 Å². The van der Waals surface area contributed by atoms with E-state index in [1.165, 1.54) is 17.8 Å². The van der Waals surface area contributed by atoms with Crippen molar-refractivity contribution in [1.29, 1.82) is 0 Å². The van der Waals surface area contributed by atoms with Crippen molar-refractivity contribution >= 4 is 51.4 Å². The van der Waals surface area contributed by atoms with Crippen LogP contribution in [0.25, 0.3) is 0 Å². The van der Waals surface area contributed by atoms with Gasteiger partial charge in [0, 0.05) is 9.22 Å². The smallest absolute Gasteiger partial charge is 0.549 e. The first-order valence-corrected chi connectivity index (χ1v) is 9.70. The van der Waals surface area contributed by atoms with Gasteiger partial charge >= 0.3 is 59.1 Å². The first-order chi connectivity index (χ1) is 12.6. The number of amides is 2. The normalized spacial score (nSPS) is 24.9. The number of carbonyl (C=O) groups is 4. The minimum absolute atomic E-state index is 0. The van der Waals surface area contributed by atoms with Gasteiger partial charge in [0.1, 0.15) is 17.3 Å². The van der Waals surface area contributed by atoms with E-state index in [0.717, 1.165) is 4.90 Å². The number of rotatable bonds is 5. The summed E-state index contributed by atoms with van der Waals surface area (Å²) >= 11 is 4.43. The number of nitrogens with zero attached hydrogens (tertiary/aromatic N) is 1. The van der Waals surface area contributed by atoms with E-state index in [4.69, 9.17) is 0 Å². The predicted molar refractivity (Wildman–Crippen MR) is 94.9 cm³/mol. The number of fused-ring (bicyclic) bond motifs is 1. The van der Waals surface area contributed by atoms with E-state index >= 15 is 0 Å².